The summed E-state index contributed by atoms with van der Waals surface area (Å²) in [6.07, 6.45) is 5.63. The summed E-state index contributed by atoms with van der Waals surface area (Å²) in [5.74, 6) is -0.132. The van der Waals surface area contributed by atoms with E-state index in [0.717, 1.165) is 33.7 Å². The molecule has 1 amide bonds. The Labute approximate surface area is 162 Å². The van der Waals surface area contributed by atoms with Gasteiger partial charge in [0, 0.05) is 24.3 Å². The Morgan fingerprint density at radius 3 is 2.71 bits per heavy atom. The first-order valence-corrected chi connectivity index (χ1v) is 8.90. The molecule has 4 rings (SSSR count). The highest BCUT2D eigenvalue weighted by molar-refractivity contribution is 6.00. The molecule has 138 valence electrons. The van der Waals surface area contributed by atoms with Crippen LogP contribution in [-0.2, 0) is 0 Å². The minimum absolute atomic E-state index is 0.132. The Kier molecular flexibility index (Phi) is 4.84. The van der Waals surface area contributed by atoms with Crippen LogP contribution in [0.3, 0.4) is 0 Å². The summed E-state index contributed by atoms with van der Waals surface area (Å²) >= 11 is 0. The van der Waals surface area contributed by atoms with Crippen LogP contribution in [0, 0.1) is 0 Å². The predicted molar refractivity (Wildman–Crippen MR) is 112 cm³/mol. The lowest BCUT2D eigenvalue weighted by Gasteiger charge is -2.11. The van der Waals surface area contributed by atoms with Crippen molar-refractivity contribution in [3.8, 4) is 0 Å². The first kappa shape index (κ1) is 17.5. The molecule has 0 saturated heterocycles. The van der Waals surface area contributed by atoms with Gasteiger partial charge in [0.2, 0.25) is 0 Å². The molecule has 28 heavy (non-hydrogen) atoms. The number of hydrogen-bond donors (Lipinski definition) is 3. The van der Waals surface area contributed by atoms with Crippen molar-refractivity contribution in [1.29, 1.82) is 0 Å². The molecule has 6 heteroatoms. The predicted octanol–water partition coefficient (Wildman–Crippen LogP) is 4.23. The van der Waals surface area contributed by atoms with E-state index in [0.29, 0.717) is 5.56 Å². The van der Waals surface area contributed by atoms with E-state index < -0.39 is 0 Å². The second-order valence-corrected chi connectivity index (χ2v) is 6.21. The Balaban J connectivity index is 1.60. The number of carbonyl (C=O) groups excluding carboxylic acids is 1. The third-order valence-electron chi connectivity index (χ3n) is 4.37. The first-order valence-electron chi connectivity index (χ1n) is 8.90. The molecule has 0 atom stereocenters. The number of rotatable bonds is 5. The lowest BCUT2D eigenvalue weighted by Crippen LogP contribution is -2.19. The number of para-hydroxylation sites is 1. The van der Waals surface area contributed by atoms with Crippen molar-refractivity contribution < 1.29 is 4.79 Å². The topological polar surface area (TPSA) is 82.7 Å². The van der Waals surface area contributed by atoms with Crippen molar-refractivity contribution in [3.63, 3.8) is 0 Å². The van der Waals surface area contributed by atoms with E-state index in [-0.39, 0.29) is 5.91 Å². The van der Waals surface area contributed by atoms with E-state index >= 15 is 0 Å². The molecule has 0 aliphatic rings. The van der Waals surface area contributed by atoms with Gasteiger partial charge in [-0.3, -0.25) is 14.9 Å². The van der Waals surface area contributed by atoms with Crippen LogP contribution in [0.15, 0.2) is 66.9 Å². The summed E-state index contributed by atoms with van der Waals surface area (Å²) in [7, 11) is 1.62. The second kappa shape index (κ2) is 7.75. The number of aromatic amines is 1. The SMILES string of the molecule is CNC(=O)c1ccccc1Nc1ccc2c(C=Cc3ccccn3)n[nH]c2c1. The van der Waals surface area contributed by atoms with E-state index in [2.05, 4.69) is 25.8 Å². The molecule has 0 unspecified atom stereocenters. The van der Waals surface area contributed by atoms with Gasteiger partial charge < -0.3 is 10.6 Å². The zero-order chi connectivity index (χ0) is 19.3. The van der Waals surface area contributed by atoms with Crippen molar-refractivity contribution in [2.45, 2.75) is 0 Å². The van der Waals surface area contributed by atoms with Crippen LogP contribution >= 0.6 is 0 Å². The molecular weight excluding hydrogens is 350 g/mol. The summed E-state index contributed by atoms with van der Waals surface area (Å²) in [6.45, 7) is 0. The smallest absolute Gasteiger partial charge is 0.253 e. The molecule has 2 aromatic heterocycles. The van der Waals surface area contributed by atoms with Gasteiger partial charge in [-0.25, -0.2) is 0 Å². The maximum absolute atomic E-state index is 12.0. The van der Waals surface area contributed by atoms with Gasteiger partial charge in [-0.1, -0.05) is 18.2 Å². The number of nitrogens with one attached hydrogen (secondary N) is 3. The number of fused-ring (bicyclic) bond motifs is 1. The van der Waals surface area contributed by atoms with Gasteiger partial charge in [-0.2, -0.15) is 5.10 Å². The fraction of sp³-hybridized carbons (Fsp3) is 0.0455. The summed E-state index contributed by atoms with van der Waals surface area (Å²) in [4.78, 5) is 16.3. The number of nitrogens with zero attached hydrogens (tertiary/aromatic N) is 2. The van der Waals surface area contributed by atoms with Crippen LogP contribution in [0.1, 0.15) is 21.7 Å². The number of anilines is 2. The van der Waals surface area contributed by atoms with Crippen molar-refractivity contribution in [2.24, 2.45) is 0 Å². The highest BCUT2D eigenvalue weighted by atomic mass is 16.1. The van der Waals surface area contributed by atoms with Crippen LogP contribution in [0.4, 0.5) is 11.4 Å². The molecule has 0 saturated carbocycles. The molecule has 4 aromatic rings. The lowest BCUT2D eigenvalue weighted by molar-refractivity contribution is 0.0964. The molecule has 0 radical (unpaired) electrons. The molecule has 3 N–H and O–H groups in total. The minimum Gasteiger partial charge on any atom is -0.355 e. The van der Waals surface area contributed by atoms with Crippen LogP contribution in [0.2, 0.25) is 0 Å². The van der Waals surface area contributed by atoms with Gasteiger partial charge in [0.1, 0.15) is 0 Å². The van der Waals surface area contributed by atoms with E-state index in [9.17, 15) is 4.79 Å². The quantitative estimate of drug-likeness (QED) is 0.492. The van der Waals surface area contributed by atoms with Gasteiger partial charge in [0.25, 0.3) is 5.91 Å². The van der Waals surface area contributed by atoms with E-state index in [4.69, 9.17) is 0 Å². The normalized spacial score (nSPS) is 11.0. The Hall–Kier alpha value is -3.93. The highest BCUT2D eigenvalue weighted by Gasteiger charge is 2.10. The maximum atomic E-state index is 12.0. The largest absolute Gasteiger partial charge is 0.355 e. The zero-order valence-electron chi connectivity index (χ0n) is 15.3. The van der Waals surface area contributed by atoms with Crippen LogP contribution in [-0.4, -0.2) is 28.1 Å². The van der Waals surface area contributed by atoms with Gasteiger partial charge in [0.05, 0.1) is 28.2 Å². The fourth-order valence-corrected chi connectivity index (χ4v) is 2.96. The summed E-state index contributed by atoms with van der Waals surface area (Å²) < 4.78 is 0. The molecule has 0 aliphatic heterocycles. The third-order valence-corrected chi connectivity index (χ3v) is 4.37. The first-order chi connectivity index (χ1) is 13.7. The maximum Gasteiger partial charge on any atom is 0.253 e. The fourth-order valence-electron chi connectivity index (χ4n) is 2.96. The van der Waals surface area contributed by atoms with Crippen molar-refractivity contribution in [3.05, 3.63) is 83.8 Å². The molecular formula is C22H19N5O. The Morgan fingerprint density at radius 2 is 1.89 bits per heavy atom. The van der Waals surface area contributed by atoms with E-state index in [1.165, 1.54) is 0 Å². The summed E-state index contributed by atoms with van der Waals surface area (Å²) in [5, 5.41) is 14.4. The number of H-pyrrole nitrogens is 1. The molecule has 0 fully saturated rings. The van der Waals surface area contributed by atoms with Gasteiger partial charge in [0.15, 0.2) is 0 Å². The third kappa shape index (κ3) is 3.61. The second-order valence-electron chi connectivity index (χ2n) is 6.21. The number of amides is 1. The van der Waals surface area contributed by atoms with Crippen LogP contribution in [0.25, 0.3) is 23.1 Å². The van der Waals surface area contributed by atoms with E-state index in [1.807, 2.05) is 66.7 Å². The van der Waals surface area contributed by atoms with Gasteiger partial charge in [-0.05, 0) is 54.6 Å². The van der Waals surface area contributed by atoms with Crippen LogP contribution < -0.4 is 10.6 Å². The average molecular weight is 369 g/mol. The Bertz CT molecular complexity index is 1150. The number of carbonyl (C=O) groups is 1. The highest BCUT2D eigenvalue weighted by Crippen LogP contribution is 2.25. The molecule has 2 aromatic carbocycles. The van der Waals surface area contributed by atoms with Gasteiger partial charge >= 0.3 is 0 Å². The van der Waals surface area contributed by atoms with E-state index in [1.54, 1.807) is 19.3 Å². The van der Waals surface area contributed by atoms with Crippen molar-refractivity contribution in [1.82, 2.24) is 20.5 Å². The molecule has 2 heterocycles. The van der Waals surface area contributed by atoms with Crippen molar-refractivity contribution >= 4 is 40.3 Å². The van der Waals surface area contributed by atoms with Gasteiger partial charge in [-0.15, -0.1) is 0 Å². The number of pyridine rings is 1. The minimum atomic E-state index is -0.132. The molecule has 0 spiro atoms. The number of aromatic nitrogens is 3. The average Bonchev–Trinajstić information content (AvgIpc) is 3.15. The zero-order valence-corrected chi connectivity index (χ0v) is 15.3. The standard InChI is InChI=1S/C22H19N5O/c1-23-22(28)18-7-2-3-8-19(18)25-16-9-11-17-20(26-27-21(17)14-16)12-10-15-6-4-5-13-24-15/h2-14,25H,1H3,(H,23,28)(H,26,27). The van der Waals surface area contributed by atoms with Crippen molar-refractivity contribution in [2.75, 3.05) is 12.4 Å². The lowest BCUT2D eigenvalue weighted by atomic mass is 10.1. The number of benzene rings is 2. The molecule has 0 aliphatic carbocycles. The molecule has 6 nitrogen and oxygen atoms in total. The summed E-state index contributed by atoms with van der Waals surface area (Å²) in [6, 6.07) is 19.1. The number of hydrogen-bond acceptors (Lipinski definition) is 4. The molecule has 0 bridgehead atoms. The monoisotopic (exact) mass is 369 g/mol. The Morgan fingerprint density at radius 1 is 1.04 bits per heavy atom. The van der Waals surface area contributed by atoms with Crippen LogP contribution in [0.5, 0.6) is 0 Å². The summed E-state index contributed by atoms with van der Waals surface area (Å²) in [5.41, 5.74) is 4.83.